The van der Waals surface area contributed by atoms with Crippen molar-refractivity contribution < 1.29 is 14.3 Å². The molecule has 0 spiro atoms. The summed E-state index contributed by atoms with van der Waals surface area (Å²) in [6.07, 6.45) is 1.72. The van der Waals surface area contributed by atoms with Gasteiger partial charge in [0.2, 0.25) is 0 Å². The highest BCUT2D eigenvalue weighted by molar-refractivity contribution is 6.77. The van der Waals surface area contributed by atoms with Gasteiger partial charge in [-0.1, -0.05) is 37.8 Å². The summed E-state index contributed by atoms with van der Waals surface area (Å²) in [4.78, 5) is 16.5. The maximum Gasteiger partial charge on any atom is 0.339 e. The van der Waals surface area contributed by atoms with Gasteiger partial charge in [0.1, 0.15) is 18.1 Å². The second kappa shape index (κ2) is 10.8. The third kappa shape index (κ3) is 5.82. The molecule has 0 aliphatic rings. The van der Waals surface area contributed by atoms with Crippen molar-refractivity contribution in [3.63, 3.8) is 0 Å². The van der Waals surface area contributed by atoms with Crippen LogP contribution >= 0.6 is 0 Å². The molecule has 184 valence electrons. The van der Waals surface area contributed by atoms with Crippen LogP contribution in [0, 0.1) is 11.8 Å². The third-order valence-corrected chi connectivity index (χ3v) is 8.61. The predicted molar refractivity (Wildman–Crippen MR) is 145 cm³/mol. The number of ether oxygens (including phenoxy) is 2. The van der Waals surface area contributed by atoms with Crippen LogP contribution in [0.15, 0.2) is 66.9 Å². The predicted octanol–water partition coefficient (Wildman–Crippen LogP) is 5.60. The van der Waals surface area contributed by atoms with Gasteiger partial charge in [0.15, 0.2) is 0 Å². The largest absolute Gasteiger partial charge is 0.465 e. The fourth-order valence-corrected chi connectivity index (χ4v) is 4.04. The number of hydrogen-bond acceptors (Lipinski definition) is 6. The molecule has 0 bridgehead atoms. The monoisotopic (exact) mass is 498 g/mol. The Kier molecular flexibility index (Phi) is 7.53. The molecule has 4 rings (SSSR count). The molecular weight excluding hydrogens is 468 g/mol. The van der Waals surface area contributed by atoms with Crippen LogP contribution in [0.5, 0.6) is 0 Å². The highest BCUT2D eigenvalue weighted by atomic mass is 28.3. The van der Waals surface area contributed by atoms with E-state index in [0.29, 0.717) is 29.4 Å². The molecule has 8 heteroatoms. The van der Waals surface area contributed by atoms with Crippen molar-refractivity contribution >= 4 is 36.3 Å². The normalized spacial score (nSPS) is 12.0. The zero-order valence-corrected chi connectivity index (χ0v) is 22.2. The Hall–Kier alpha value is -3.93. The molecule has 7 nitrogen and oxygen atoms in total. The molecule has 1 N–H and O–H groups in total. The number of carbonyl (C=O) groups is 1. The molecule has 2 heterocycles. The first-order chi connectivity index (χ1) is 17.3. The van der Waals surface area contributed by atoms with E-state index in [0.717, 1.165) is 16.6 Å². The Morgan fingerprint density at radius 3 is 2.58 bits per heavy atom. The van der Waals surface area contributed by atoms with Crippen LogP contribution in [-0.2, 0) is 16.2 Å². The Balaban J connectivity index is 1.72. The van der Waals surface area contributed by atoms with Crippen LogP contribution in [0.4, 0.5) is 11.4 Å². The van der Waals surface area contributed by atoms with Gasteiger partial charge < -0.3 is 14.8 Å². The van der Waals surface area contributed by atoms with E-state index in [2.05, 4.69) is 48.7 Å². The number of aromatic nitrogens is 3. The van der Waals surface area contributed by atoms with E-state index in [4.69, 9.17) is 14.6 Å². The number of pyridine rings is 1. The fraction of sp³-hybridized carbons (Fsp3) is 0.250. The minimum atomic E-state index is -1.47. The topological polar surface area (TPSA) is 78.3 Å². The number of rotatable bonds is 7. The molecule has 2 aromatic carbocycles. The molecule has 0 aliphatic heterocycles. The Labute approximate surface area is 212 Å². The van der Waals surface area contributed by atoms with E-state index in [-0.39, 0.29) is 5.73 Å². The van der Waals surface area contributed by atoms with Crippen molar-refractivity contribution in [2.24, 2.45) is 0 Å². The summed E-state index contributed by atoms with van der Waals surface area (Å²) in [7, 11) is -0.0991. The molecule has 0 radical (unpaired) electrons. The van der Waals surface area contributed by atoms with E-state index in [1.807, 2.05) is 53.2 Å². The summed E-state index contributed by atoms with van der Waals surface area (Å²) in [6, 6.07) is 18.8. The summed E-state index contributed by atoms with van der Waals surface area (Å²) >= 11 is 0. The average Bonchev–Trinajstić information content (AvgIpc) is 3.22. The van der Waals surface area contributed by atoms with Gasteiger partial charge in [-0.2, -0.15) is 5.10 Å². The van der Waals surface area contributed by atoms with Crippen molar-refractivity contribution in [3.8, 4) is 11.8 Å². The van der Waals surface area contributed by atoms with Crippen LogP contribution in [0.25, 0.3) is 10.9 Å². The summed E-state index contributed by atoms with van der Waals surface area (Å²) < 4.78 is 13.0. The lowest BCUT2D eigenvalue weighted by molar-refractivity contribution is 0.0517. The van der Waals surface area contributed by atoms with Gasteiger partial charge in [-0.15, -0.1) is 0 Å². The van der Waals surface area contributed by atoms with Gasteiger partial charge in [-0.3, -0.25) is 0 Å². The fourth-order valence-electron chi connectivity index (χ4n) is 3.47. The molecule has 2 aromatic heterocycles. The van der Waals surface area contributed by atoms with Crippen LogP contribution in [-0.4, -0.2) is 41.6 Å². The van der Waals surface area contributed by atoms with Crippen molar-refractivity contribution in [1.82, 2.24) is 14.8 Å². The maximum absolute atomic E-state index is 12.2. The number of hydrogen-bond donors (Lipinski definition) is 1. The Bertz CT molecular complexity index is 1430. The molecule has 0 aliphatic carbocycles. The van der Waals surface area contributed by atoms with Crippen LogP contribution in [0.1, 0.15) is 28.7 Å². The highest BCUT2D eigenvalue weighted by Crippen LogP contribution is 2.27. The summed E-state index contributed by atoms with van der Waals surface area (Å²) in [5, 5.41) is 9.02. The van der Waals surface area contributed by atoms with Crippen LogP contribution < -0.4 is 5.32 Å². The van der Waals surface area contributed by atoms with E-state index < -0.39 is 14.0 Å². The second-order valence-electron chi connectivity index (χ2n) is 9.51. The summed E-state index contributed by atoms with van der Waals surface area (Å²) in [6.45, 7) is 9.28. The molecule has 0 saturated carbocycles. The molecule has 0 saturated heterocycles. The smallest absolute Gasteiger partial charge is 0.339 e. The van der Waals surface area contributed by atoms with Crippen molar-refractivity contribution in [1.29, 1.82) is 0 Å². The molecule has 1 unspecified atom stereocenters. The number of fused-ring (bicyclic) bond motifs is 1. The SMILES string of the molecule is COC(=O)c1ccccc1Nc1ccc2c(C#Cc3ccccn3)nn(COC(C)[Si](C)(C)C)c2c1. The first-order valence-electron chi connectivity index (χ1n) is 11.8. The first kappa shape index (κ1) is 25.2. The summed E-state index contributed by atoms with van der Waals surface area (Å²) in [5.41, 5.74) is 4.30. The molecule has 1 atom stereocenters. The molecule has 0 fully saturated rings. The minimum absolute atomic E-state index is 0.160. The van der Waals surface area contributed by atoms with Crippen LogP contribution in [0.2, 0.25) is 19.6 Å². The second-order valence-corrected chi connectivity index (χ2v) is 15.1. The number of para-hydroxylation sites is 1. The van der Waals surface area contributed by atoms with Crippen LogP contribution in [0.3, 0.4) is 0 Å². The van der Waals surface area contributed by atoms with Gasteiger partial charge in [-0.05, 0) is 61.2 Å². The van der Waals surface area contributed by atoms with E-state index in [9.17, 15) is 4.79 Å². The number of carbonyl (C=O) groups excluding carboxylic acids is 1. The molecule has 0 amide bonds. The number of anilines is 2. The summed E-state index contributed by atoms with van der Waals surface area (Å²) in [5.74, 6) is 5.87. The quantitative estimate of drug-likeness (QED) is 0.203. The Morgan fingerprint density at radius 1 is 1.08 bits per heavy atom. The first-order valence-corrected chi connectivity index (χ1v) is 15.3. The number of methoxy groups -OCH3 is 1. The number of benzene rings is 2. The lowest BCUT2D eigenvalue weighted by atomic mass is 10.1. The molecule has 36 heavy (non-hydrogen) atoms. The van der Waals surface area contributed by atoms with Gasteiger partial charge >= 0.3 is 5.97 Å². The van der Waals surface area contributed by atoms with E-state index in [1.54, 1.807) is 18.3 Å². The van der Waals surface area contributed by atoms with Gasteiger partial charge in [0, 0.05) is 23.0 Å². The number of nitrogens with one attached hydrogen (secondary N) is 1. The lowest BCUT2D eigenvalue weighted by Gasteiger charge is -2.25. The van der Waals surface area contributed by atoms with Crippen molar-refractivity contribution in [2.75, 3.05) is 12.4 Å². The van der Waals surface area contributed by atoms with Gasteiger partial charge in [0.05, 0.1) is 32.0 Å². The van der Waals surface area contributed by atoms with Gasteiger partial charge in [-0.25, -0.2) is 14.5 Å². The average molecular weight is 499 g/mol. The van der Waals surface area contributed by atoms with Crippen molar-refractivity contribution in [2.45, 2.75) is 39.0 Å². The zero-order valence-electron chi connectivity index (χ0n) is 21.2. The lowest BCUT2D eigenvalue weighted by Crippen LogP contribution is -2.38. The highest BCUT2D eigenvalue weighted by Gasteiger charge is 2.23. The minimum Gasteiger partial charge on any atom is -0.465 e. The third-order valence-electron chi connectivity index (χ3n) is 6.00. The van der Waals surface area contributed by atoms with E-state index in [1.165, 1.54) is 7.11 Å². The van der Waals surface area contributed by atoms with Gasteiger partial charge in [0.25, 0.3) is 0 Å². The molecular formula is C28H30N4O3Si. The van der Waals surface area contributed by atoms with E-state index >= 15 is 0 Å². The number of esters is 1. The standard InChI is InChI=1S/C28H30N4O3Si/c1-20(36(3,4)5)35-19-32-27-18-22(30-25-12-7-6-11-24(25)28(33)34-2)13-15-23(27)26(31-32)16-14-21-10-8-9-17-29-21/h6-13,15,17-18,20,30H,19H2,1-5H3. The number of nitrogens with zero attached hydrogens (tertiary/aromatic N) is 3. The van der Waals surface area contributed by atoms with Crippen molar-refractivity contribution in [3.05, 3.63) is 83.8 Å². The molecule has 4 aromatic rings. The maximum atomic E-state index is 12.2. The Morgan fingerprint density at radius 2 is 1.86 bits per heavy atom. The zero-order chi connectivity index (χ0) is 25.7.